The van der Waals surface area contributed by atoms with E-state index in [2.05, 4.69) is 5.32 Å². The van der Waals surface area contributed by atoms with Gasteiger partial charge in [-0.05, 0) is 37.8 Å². The Hall–Kier alpha value is -1.88. The molecular weight excluding hydrogens is 280 g/mol. The maximum absolute atomic E-state index is 12.4. The second-order valence-electron chi connectivity index (χ2n) is 6.03. The van der Waals surface area contributed by atoms with Gasteiger partial charge in [0.1, 0.15) is 5.92 Å². The van der Waals surface area contributed by atoms with Crippen LogP contribution in [0.15, 0.2) is 24.3 Å². The number of aliphatic hydroxyl groups is 1. The summed E-state index contributed by atoms with van der Waals surface area (Å²) in [6.45, 7) is 5.14. The minimum Gasteiger partial charge on any atom is -0.396 e. The fraction of sp³-hybridized carbons (Fsp3) is 0.529. The Kier molecular flexibility index (Phi) is 5.55. The summed E-state index contributed by atoms with van der Waals surface area (Å²) < 4.78 is 0. The largest absolute Gasteiger partial charge is 0.396 e. The Labute approximate surface area is 131 Å². The van der Waals surface area contributed by atoms with Gasteiger partial charge in [0.25, 0.3) is 0 Å². The number of carbonyl (C=O) groups excluding carboxylic acids is 2. The van der Waals surface area contributed by atoms with Crippen molar-refractivity contribution in [2.24, 2.45) is 11.8 Å². The van der Waals surface area contributed by atoms with E-state index in [4.69, 9.17) is 5.11 Å². The summed E-state index contributed by atoms with van der Waals surface area (Å²) >= 11 is 0. The predicted octanol–water partition coefficient (Wildman–Crippen LogP) is 1.48. The molecule has 2 amide bonds. The number of nitrogens with zero attached hydrogens (tertiary/aromatic N) is 1. The summed E-state index contributed by atoms with van der Waals surface area (Å²) in [6, 6.07) is 7.76. The highest BCUT2D eigenvalue weighted by atomic mass is 16.3. The molecule has 22 heavy (non-hydrogen) atoms. The molecule has 0 aromatic heterocycles. The van der Waals surface area contributed by atoms with Gasteiger partial charge in [0.15, 0.2) is 0 Å². The summed E-state index contributed by atoms with van der Waals surface area (Å²) in [5, 5.41) is 11.7. The summed E-state index contributed by atoms with van der Waals surface area (Å²) in [5.41, 5.74) is 1.99. The Morgan fingerprint density at radius 3 is 2.73 bits per heavy atom. The summed E-state index contributed by atoms with van der Waals surface area (Å²) in [4.78, 5) is 26.3. The van der Waals surface area contributed by atoms with Gasteiger partial charge >= 0.3 is 0 Å². The molecule has 1 aromatic rings. The van der Waals surface area contributed by atoms with E-state index >= 15 is 0 Å². The SMILES string of the molecule is Cc1ccc(N2CCC(C(=O)NCC(C)CCO)C2=O)cc1. The zero-order valence-electron chi connectivity index (χ0n) is 13.2. The lowest BCUT2D eigenvalue weighted by atomic mass is 10.1. The number of anilines is 1. The zero-order valence-corrected chi connectivity index (χ0v) is 13.2. The van der Waals surface area contributed by atoms with Gasteiger partial charge in [-0.15, -0.1) is 0 Å². The Bertz CT molecular complexity index is 527. The van der Waals surface area contributed by atoms with Crippen molar-refractivity contribution in [1.29, 1.82) is 0 Å². The van der Waals surface area contributed by atoms with Crippen molar-refractivity contribution in [3.63, 3.8) is 0 Å². The monoisotopic (exact) mass is 304 g/mol. The molecule has 120 valence electrons. The molecule has 1 aromatic carbocycles. The van der Waals surface area contributed by atoms with Crippen molar-refractivity contribution in [3.05, 3.63) is 29.8 Å². The van der Waals surface area contributed by atoms with Crippen LogP contribution in [0.5, 0.6) is 0 Å². The van der Waals surface area contributed by atoms with Crippen LogP contribution in [0, 0.1) is 18.8 Å². The smallest absolute Gasteiger partial charge is 0.239 e. The molecule has 1 aliphatic rings. The standard InChI is InChI=1S/C17H24N2O3/c1-12-3-5-14(6-4-12)19-9-7-15(17(19)22)16(21)18-11-13(2)8-10-20/h3-6,13,15,20H,7-11H2,1-2H3,(H,18,21). The first kappa shape index (κ1) is 16.5. The van der Waals surface area contributed by atoms with E-state index in [0.29, 0.717) is 25.9 Å². The number of carbonyl (C=O) groups is 2. The minimum absolute atomic E-state index is 0.112. The Morgan fingerprint density at radius 1 is 1.41 bits per heavy atom. The maximum atomic E-state index is 12.4. The van der Waals surface area contributed by atoms with Crippen molar-refractivity contribution in [3.8, 4) is 0 Å². The molecule has 1 saturated heterocycles. The molecule has 2 atom stereocenters. The van der Waals surface area contributed by atoms with Crippen LogP contribution in [0.1, 0.15) is 25.3 Å². The van der Waals surface area contributed by atoms with Gasteiger partial charge in [0.05, 0.1) is 0 Å². The quantitative estimate of drug-likeness (QED) is 0.782. The number of hydrogen-bond donors (Lipinski definition) is 2. The molecule has 0 aliphatic carbocycles. The van der Waals surface area contributed by atoms with Crippen molar-refractivity contribution >= 4 is 17.5 Å². The summed E-state index contributed by atoms with van der Waals surface area (Å²) in [6.07, 6.45) is 1.20. The maximum Gasteiger partial charge on any atom is 0.239 e. The van der Waals surface area contributed by atoms with E-state index in [1.807, 2.05) is 38.1 Å². The molecule has 2 unspecified atom stereocenters. The molecule has 0 saturated carbocycles. The fourth-order valence-corrected chi connectivity index (χ4v) is 2.62. The second kappa shape index (κ2) is 7.40. The zero-order chi connectivity index (χ0) is 16.1. The number of aliphatic hydroxyl groups excluding tert-OH is 1. The normalized spacial score (nSPS) is 19.3. The van der Waals surface area contributed by atoms with Crippen LogP contribution in [0.3, 0.4) is 0 Å². The van der Waals surface area contributed by atoms with E-state index in [-0.39, 0.29) is 24.3 Å². The van der Waals surface area contributed by atoms with Crippen LogP contribution in [-0.2, 0) is 9.59 Å². The third-order valence-electron chi connectivity index (χ3n) is 4.11. The number of aryl methyl sites for hydroxylation is 1. The first-order valence-electron chi connectivity index (χ1n) is 7.79. The summed E-state index contributed by atoms with van der Waals surface area (Å²) in [5.74, 6) is -0.721. The van der Waals surface area contributed by atoms with Crippen molar-refractivity contribution < 1.29 is 14.7 Å². The van der Waals surface area contributed by atoms with E-state index in [9.17, 15) is 9.59 Å². The fourth-order valence-electron chi connectivity index (χ4n) is 2.62. The highest BCUT2D eigenvalue weighted by Crippen LogP contribution is 2.25. The topological polar surface area (TPSA) is 69.6 Å². The molecule has 2 rings (SSSR count). The minimum atomic E-state index is -0.595. The van der Waals surface area contributed by atoms with Gasteiger partial charge in [-0.2, -0.15) is 0 Å². The summed E-state index contributed by atoms with van der Waals surface area (Å²) in [7, 11) is 0. The average Bonchev–Trinajstić information content (AvgIpc) is 2.88. The average molecular weight is 304 g/mol. The van der Waals surface area contributed by atoms with Crippen LogP contribution < -0.4 is 10.2 Å². The molecular formula is C17H24N2O3. The molecule has 0 radical (unpaired) electrons. The number of hydrogen-bond acceptors (Lipinski definition) is 3. The number of rotatable bonds is 6. The molecule has 1 aliphatic heterocycles. The molecule has 0 spiro atoms. The molecule has 1 heterocycles. The highest BCUT2D eigenvalue weighted by molar-refractivity contribution is 6.09. The second-order valence-corrected chi connectivity index (χ2v) is 6.03. The number of nitrogens with one attached hydrogen (secondary N) is 1. The van der Waals surface area contributed by atoms with Crippen molar-refractivity contribution in [2.75, 3.05) is 24.6 Å². The predicted molar refractivity (Wildman–Crippen MR) is 85.5 cm³/mol. The third kappa shape index (κ3) is 3.85. The number of amides is 2. The van der Waals surface area contributed by atoms with Crippen molar-refractivity contribution in [2.45, 2.75) is 26.7 Å². The van der Waals surface area contributed by atoms with Crippen LogP contribution in [0.2, 0.25) is 0 Å². The van der Waals surface area contributed by atoms with Gasteiger partial charge < -0.3 is 15.3 Å². The van der Waals surface area contributed by atoms with Crippen molar-refractivity contribution in [1.82, 2.24) is 5.32 Å². The van der Waals surface area contributed by atoms with Crippen LogP contribution in [-0.4, -0.2) is 36.6 Å². The van der Waals surface area contributed by atoms with Gasteiger partial charge in [-0.1, -0.05) is 24.6 Å². The first-order chi connectivity index (χ1) is 10.5. The number of benzene rings is 1. The lowest BCUT2D eigenvalue weighted by Crippen LogP contribution is -2.38. The van der Waals surface area contributed by atoms with Gasteiger partial charge in [-0.25, -0.2) is 0 Å². The third-order valence-corrected chi connectivity index (χ3v) is 4.11. The van der Waals surface area contributed by atoms with Crippen LogP contribution in [0.25, 0.3) is 0 Å². The lowest BCUT2D eigenvalue weighted by Gasteiger charge is -2.17. The van der Waals surface area contributed by atoms with Crippen LogP contribution in [0.4, 0.5) is 5.69 Å². The van der Waals surface area contributed by atoms with E-state index in [0.717, 1.165) is 11.3 Å². The van der Waals surface area contributed by atoms with Gasteiger partial charge in [0.2, 0.25) is 11.8 Å². The van der Waals surface area contributed by atoms with E-state index < -0.39 is 5.92 Å². The highest BCUT2D eigenvalue weighted by Gasteiger charge is 2.37. The molecule has 0 bridgehead atoms. The molecule has 5 nitrogen and oxygen atoms in total. The molecule has 1 fully saturated rings. The van der Waals surface area contributed by atoms with E-state index in [1.54, 1.807) is 4.90 Å². The molecule has 2 N–H and O–H groups in total. The molecule has 5 heteroatoms. The Balaban J connectivity index is 1.93. The Morgan fingerprint density at radius 2 is 2.09 bits per heavy atom. The lowest BCUT2D eigenvalue weighted by molar-refractivity contribution is -0.132. The first-order valence-corrected chi connectivity index (χ1v) is 7.79. The van der Waals surface area contributed by atoms with Gasteiger partial charge in [0, 0.05) is 25.4 Å². The van der Waals surface area contributed by atoms with Crippen LogP contribution >= 0.6 is 0 Å². The van der Waals surface area contributed by atoms with E-state index in [1.165, 1.54) is 0 Å². The van der Waals surface area contributed by atoms with Gasteiger partial charge in [-0.3, -0.25) is 9.59 Å².